The molecule has 0 saturated heterocycles. The molecule has 0 amide bonds. The molecule has 2 nitrogen and oxygen atoms in total. The van der Waals surface area contributed by atoms with Gasteiger partial charge in [-0.05, 0) is 77.8 Å². The minimum absolute atomic E-state index is 0.0379. The molecule has 2 saturated carbocycles. The van der Waals surface area contributed by atoms with E-state index in [2.05, 4.69) is 145 Å². The zero-order chi connectivity index (χ0) is 37.9. The molecule has 0 N–H and O–H groups in total. The van der Waals surface area contributed by atoms with E-state index in [0.717, 1.165) is 42.1 Å². The van der Waals surface area contributed by atoms with Gasteiger partial charge in [-0.25, -0.2) is 0 Å². The molecule has 10 rings (SSSR count). The van der Waals surface area contributed by atoms with E-state index in [9.17, 15) is 0 Å². The van der Waals surface area contributed by atoms with Crippen molar-refractivity contribution in [2.24, 2.45) is 0 Å². The first-order chi connectivity index (χ1) is 27.6. The van der Waals surface area contributed by atoms with Crippen molar-refractivity contribution in [1.82, 2.24) is 0 Å². The van der Waals surface area contributed by atoms with Gasteiger partial charge in [0.25, 0.3) is 0 Å². The fraction of sp³-hybridized carbons (Fsp3) is 0.340. The van der Waals surface area contributed by atoms with Gasteiger partial charge in [-0.1, -0.05) is 161 Å². The highest BCUT2D eigenvalue weighted by atomic mass is 35.5. The van der Waals surface area contributed by atoms with E-state index in [1.54, 1.807) is 0 Å². The second-order valence-corrected chi connectivity index (χ2v) is 17.5. The topological polar surface area (TPSA) is 6.25 Å². The highest BCUT2D eigenvalue weighted by Gasteiger charge is 2.52. The van der Waals surface area contributed by atoms with Crippen LogP contribution in [0.4, 0.5) is 11.4 Å². The van der Waals surface area contributed by atoms with Crippen LogP contribution in [0.25, 0.3) is 32.7 Å². The molecule has 0 atom stereocenters. The number of hydrogen-bond acceptors (Lipinski definition) is 1. The normalized spacial score (nSPS) is 21.2. The molecule has 2 aliphatic heterocycles. The molecule has 282 valence electrons. The molecule has 5 aromatic rings. The monoisotopic (exact) mass is 753 g/mol. The first-order valence-corrected chi connectivity index (χ1v) is 22.0. The summed E-state index contributed by atoms with van der Waals surface area (Å²) in [7, 11) is 0. The zero-order valence-electron chi connectivity index (χ0n) is 33.2. The van der Waals surface area contributed by atoms with Crippen molar-refractivity contribution in [3.8, 4) is 0 Å². The zero-order valence-corrected chi connectivity index (χ0v) is 34.0. The van der Waals surface area contributed by atoms with Gasteiger partial charge in [0.15, 0.2) is 5.71 Å². The van der Waals surface area contributed by atoms with Crippen LogP contribution < -0.4 is 4.90 Å². The molecule has 56 heavy (non-hydrogen) atoms. The standard InChI is InChI=1S/C53H54ClN2/c1-3-35-55-47(52(31-13-5-14-32-52)45-27-23-37-17-7-9-19-39(37)50(45)55)29-25-43-41-21-11-12-22-42(41)44(49(43)54)26-30-48-53(33-15-6-16-34-53)46-28-24-38-18-8-10-20-40(38)51(46)56(48)36-4-2/h7-12,17-30H,3-6,13-16,31-36H2,1-2H3/q+1. The Hall–Kier alpha value is -4.66. The van der Waals surface area contributed by atoms with Crippen LogP contribution >= 0.6 is 11.6 Å². The Labute approximate surface area is 338 Å². The Morgan fingerprint density at radius 3 is 1.96 bits per heavy atom. The van der Waals surface area contributed by atoms with Crippen LogP contribution in [0.15, 0.2) is 132 Å². The Morgan fingerprint density at radius 1 is 0.625 bits per heavy atom. The van der Waals surface area contributed by atoms with Gasteiger partial charge in [-0.2, -0.15) is 4.58 Å². The lowest BCUT2D eigenvalue weighted by molar-refractivity contribution is -0.436. The summed E-state index contributed by atoms with van der Waals surface area (Å²) in [4.78, 5) is 2.68. The van der Waals surface area contributed by atoms with E-state index >= 15 is 0 Å². The van der Waals surface area contributed by atoms with Gasteiger partial charge >= 0.3 is 0 Å². The third kappa shape index (κ3) is 5.38. The fourth-order valence-electron chi connectivity index (χ4n) is 11.7. The van der Waals surface area contributed by atoms with Crippen LogP contribution in [-0.4, -0.2) is 23.4 Å². The minimum Gasteiger partial charge on any atom is -0.343 e. The van der Waals surface area contributed by atoms with Crippen LogP contribution in [0.3, 0.4) is 0 Å². The SMILES string of the molecule is CCCN1/C(=C/C=C2C(Cl)=C(/C=C/C3=[N+](CCC)c4c(ccc5ccccc45)C34CCCCC4)c3ccccc3/2)C2(CCCCC2)c2ccc3ccccc3c21. The molecule has 5 aromatic carbocycles. The van der Waals surface area contributed by atoms with Crippen molar-refractivity contribution >= 4 is 61.4 Å². The molecule has 5 aliphatic rings. The Balaban J connectivity index is 1.12. The van der Waals surface area contributed by atoms with Crippen molar-refractivity contribution in [3.05, 3.63) is 154 Å². The molecular weight excluding hydrogens is 700 g/mol. The average molecular weight is 754 g/mol. The van der Waals surface area contributed by atoms with E-state index < -0.39 is 0 Å². The first-order valence-electron chi connectivity index (χ1n) is 21.7. The molecule has 2 fully saturated rings. The van der Waals surface area contributed by atoms with Crippen LogP contribution in [0, 0.1) is 0 Å². The summed E-state index contributed by atoms with van der Waals surface area (Å²) in [6, 6.07) is 36.5. The van der Waals surface area contributed by atoms with Crippen molar-refractivity contribution in [3.63, 3.8) is 0 Å². The molecule has 2 spiro atoms. The summed E-state index contributed by atoms with van der Waals surface area (Å²) in [5, 5.41) is 6.27. The maximum atomic E-state index is 7.66. The number of benzene rings is 5. The predicted octanol–water partition coefficient (Wildman–Crippen LogP) is 14.3. The summed E-state index contributed by atoms with van der Waals surface area (Å²) in [6.07, 6.45) is 24.4. The quantitative estimate of drug-likeness (QED) is 0.150. The lowest BCUT2D eigenvalue weighted by Crippen LogP contribution is -2.36. The van der Waals surface area contributed by atoms with Crippen molar-refractivity contribution in [1.29, 1.82) is 0 Å². The Bertz CT molecular complexity index is 2530. The number of halogens is 1. The van der Waals surface area contributed by atoms with Gasteiger partial charge < -0.3 is 4.90 Å². The third-order valence-corrected chi connectivity index (χ3v) is 14.4. The smallest absolute Gasteiger partial charge is 0.217 e. The largest absolute Gasteiger partial charge is 0.343 e. The van der Waals surface area contributed by atoms with Gasteiger partial charge in [0.2, 0.25) is 5.69 Å². The molecular formula is C53H54ClN2+. The molecule has 0 bridgehead atoms. The number of nitrogens with zero attached hydrogens (tertiary/aromatic N) is 2. The lowest BCUT2D eigenvalue weighted by atomic mass is 9.67. The van der Waals surface area contributed by atoms with E-state index in [-0.39, 0.29) is 10.8 Å². The molecule has 3 heteroatoms. The van der Waals surface area contributed by atoms with Crippen molar-refractivity contribution < 1.29 is 4.58 Å². The van der Waals surface area contributed by atoms with Gasteiger partial charge in [-0.15, -0.1) is 0 Å². The van der Waals surface area contributed by atoms with Gasteiger partial charge in [0.1, 0.15) is 6.54 Å². The minimum atomic E-state index is 0.0379. The van der Waals surface area contributed by atoms with E-state index in [0.29, 0.717) is 0 Å². The summed E-state index contributed by atoms with van der Waals surface area (Å²) in [6.45, 7) is 6.66. The summed E-state index contributed by atoms with van der Waals surface area (Å²) in [5.41, 5.74) is 13.7. The van der Waals surface area contributed by atoms with Crippen LogP contribution in [0.1, 0.15) is 113 Å². The number of anilines is 1. The second-order valence-electron chi connectivity index (χ2n) is 17.1. The molecule has 2 heterocycles. The van der Waals surface area contributed by atoms with Gasteiger partial charge in [0.05, 0.1) is 21.5 Å². The highest BCUT2D eigenvalue weighted by molar-refractivity contribution is 6.42. The van der Waals surface area contributed by atoms with E-state index in [1.807, 2.05) is 0 Å². The van der Waals surface area contributed by atoms with Gasteiger partial charge in [-0.3, -0.25) is 0 Å². The fourth-order valence-corrected chi connectivity index (χ4v) is 12.0. The molecule has 3 aliphatic carbocycles. The lowest BCUT2D eigenvalue weighted by Gasteiger charge is -2.37. The molecule has 0 unspecified atom stereocenters. The Morgan fingerprint density at radius 2 is 1.25 bits per heavy atom. The number of rotatable bonds is 7. The average Bonchev–Trinajstić information content (AvgIpc) is 3.76. The number of hydrogen-bond donors (Lipinski definition) is 0. The summed E-state index contributed by atoms with van der Waals surface area (Å²) in [5.74, 6) is 0. The maximum absolute atomic E-state index is 7.66. The first kappa shape index (κ1) is 35.7. The van der Waals surface area contributed by atoms with Gasteiger partial charge in [0, 0.05) is 52.2 Å². The van der Waals surface area contributed by atoms with Crippen molar-refractivity contribution in [2.45, 2.75) is 102 Å². The maximum Gasteiger partial charge on any atom is 0.217 e. The molecule has 0 radical (unpaired) electrons. The van der Waals surface area contributed by atoms with Crippen LogP contribution in [-0.2, 0) is 10.8 Å². The molecule has 0 aromatic heterocycles. The summed E-state index contributed by atoms with van der Waals surface area (Å²) < 4.78 is 2.68. The second kappa shape index (κ2) is 14.4. The number of fused-ring (bicyclic) bond motifs is 9. The van der Waals surface area contributed by atoms with Crippen molar-refractivity contribution in [2.75, 3.05) is 18.0 Å². The number of allylic oxidation sites excluding steroid dienone is 8. The third-order valence-electron chi connectivity index (χ3n) is 14.0. The Kier molecular flexibility index (Phi) is 9.17. The predicted molar refractivity (Wildman–Crippen MR) is 240 cm³/mol. The van der Waals surface area contributed by atoms with Crippen LogP contribution in [0.5, 0.6) is 0 Å². The van der Waals surface area contributed by atoms with E-state index in [1.165, 1.54) is 131 Å². The van der Waals surface area contributed by atoms with E-state index in [4.69, 9.17) is 11.6 Å². The summed E-state index contributed by atoms with van der Waals surface area (Å²) >= 11 is 7.66. The van der Waals surface area contributed by atoms with Crippen LogP contribution in [0.2, 0.25) is 0 Å². The highest BCUT2D eigenvalue weighted by Crippen LogP contribution is 2.58.